The van der Waals surface area contributed by atoms with Crippen molar-refractivity contribution in [3.63, 3.8) is 0 Å². The second-order valence-electron chi connectivity index (χ2n) is 7.83. The largest absolute Gasteiger partial charge is 0.494 e. The summed E-state index contributed by atoms with van der Waals surface area (Å²) in [6.45, 7) is 2.52. The molecule has 3 rings (SSSR count). The summed E-state index contributed by atoms with van der Waals surface area (Å²) in [7, 11) is 1.97. The Balaban J connectivity index is 0.00000320. The molecule has 1 amide bonds. The molecule has 0 unspecified atom stereocenters. The van der Waals surface area contributed by atoms with Gasteiger partial charge in [-0.3, -0.25) is 4.79 Å². The van der Waals surface area contributed by atoms with Crippen LogP contribution in [0, 0.1) is 16.7 Å². The van der Waals surface area contributed by atoms with Gasteiger partial charge < -0.3 is 15.8 Å². The molecule has 160 valence electrons. The van der Waals surface area contributed by atoms with E-state index in [-0.39, 0.29) is 18.3 Å². The number of nitrogens with one attached hydrogen (secondary N) is 1. The molecule has 2 aromatic rings. The van der Waals surface area contributed by atoms with Gasteiger partial charge >= 0.3 is 0 Å². The summed E-state index contributed by atoms with van der Waals surface area (Å²) in [6.07, 6.45) is 4.02. The van der Waals surface area contributed by atoms with Gasteiger partial charge in [-0.25, -0.2) is 0 Å². The summed E-state index contributed by atoms with van der Waals surface area (Å²) in [5.74, 6) is 0.583. The number of rotatable bonds is 7. The molecule has 0 radical (unpaired) electrons. The summed E-state index contributed by atoms with van der Waals surface area (Å²) in [4.78, 5) is 12.5. The third-order valence-corrected chi connectivity index (χ3v) is 6.11. The molecule has 0 heterocycles. The lowest BCUT2D eigenvalue weighted by atomic mass is 9.68. The molecule has 0 saturated heterocycles. The lowest BCUT2D eigenvalue weighted by Crippen LogP contribution is -2.45. The molecule has 1 fully saturated rings. The highest BCUT2D eigenvalue weighted by Crippen LogP contribution is 2.41. The molecule has 1 aliphatic rings. The Labute approximate surface area is 185 Å². The van der Waals surface area contributed by atoms with Crippen LogP contribution in [0.25, 0.3) is 11.1 Å². The number of nitriles is 1. The molecule has 1 aliphatic carbocycles. The first-order valence-corrected chi connectivity index (χ1v) is 10.2. The molecule has 0 spiro atoms. The Morgan fingerprint density at radius 3 is 2.37 bits per heavy atom. The molecule has 0 aliphatic heterocycles. The molecule has 6 heteroatoms. The molecule has 30 heavy (non-hydrogen) atoms. The van der Waals surface area contributed by atoms with Gasteiger partial charge in [0.25, 0.3) is 0 Å². The fraction of sp³-hybridized carbons (Fsp3) is 0.417. The van der Waals surface area contributed by atoms with Gasteiger partial charge in [0.1, 0.15) is 5.75 Å². The highest BCUT2D eigenvalue weighted by atomic mass is 35.5. The number of benzene rings is 2. The van der Waals surface area contributed by atoms with Crippen molar-refractivity contribution in [2.45, 2.75) is 45.1 Å². The van der Waals surface area contributed by atoms with E-state index in [0.29, 0.717) is 24.6 Å². The maximum absolute atomic E-state index is 12.5. The fourth-order valence-electron chi connectivity index (χ4n) is 4.26. The first kappa shape index (κ1) is 23.7. The van der Waals surface area contributed by atoms with Crippen LogP contribution >= 0.6 is 12.4 Å². The minimum atomic E-state index is -0.539. The van der Waals surface area contributed by atoms with E-state index in [1.165, 1.54) is 0 Å². The molecule has 0 aromatic heterocycles. The Hall–Kier alpha value is -2.55. The average molecular weight is 428 g/mol. The van der Waals surface area contributed by atoms with Gasteiger partial charge in [-0.15, -0.1) is 12.4 Å². The molecule has 1 saturated carbocycles. The highest BCUT2D eigenvalue weighted by molar-refractivity contribution is 5.85. The van der Waals surface area contributed by atoms with Gasteiger partial charge in [0.15, 0.2) is 0 Å². The van der Waals surface area contributed by atoms with E-state index in [4.69, 9.17) is 15.7 Å². The predicted octanol–water partition coefficient (Wildman–Crippen LogP) is 4.22. The summed E-state index contributed by atoms with van der Waals surface area (Å²) < 4.78 is 5.87. The fourth-order valence-corrected chi connectivity index (χ4v) is 4.26. The first-order chi connectivity index (χ1) is 14.0. The zero-order valence-electron chi connectivity index (χ0n) is 17.6. The molecular weight excluding hydrogens is 398 g/mol. The van der Waals surface area contributed by atoms with Crippen molar-refractivity contribution in [2.24, 2.45) is 11.1 Å². The highest BCUT2D eigenvalue weighted by Gasteiger charge is 2.40. The monoisotopic (exact) mass is 427 g/mol. The molecule has 2 aromatic carbocycles. The van der Waals surface area contributed by atoms with Crippen LogP contribution in [0.15, 0.2) is 42.5 Å². The van der Waals surface area contributed by atoms with E-state index in [1.54, 1.807) is 0 Å². The van der Waals surface area contributed by atoms with Gasteiger partial charge in [-0.1, -0.05) is 18.2 Å². The summed E-state index contributed by atoms with van der Waals surface area (Å²) >= 11 is 0. The molecule has 0 atom stereocenters. The Morgan fingerprint density at radius 2 is 1.83 bits per heavy atom. The van der Waals surface area contributed by atoms with Gasteiger partial charge in [0, 0.05) is 6.04 Å². The zero-order valence-corrected chi connectivity index (χ0v) is 18.4. The summed E-state index contributed by atoms with van der Waals surface area (Å²) in [6, 6.07) is 16.2. The number of hydrogen-bond donors (Lipinski definition) is 2. The lowest BCUT2D eigenvalue weighted by Gasteiger charge is -2.38. The van der Waals surface area contributed by atoms with Gasteiger partial charge in [-0.2, -0.15) is 5.26 Å². The quantitative estimate of drug-likeness (QED) is 0.692. The average Bonchev–Trinajstić information content (AvgIpc) is 2.75. The zero-order chi connectivity index (χ0) is 20.9. The Morgan fingerprint density at radius 1 is 1.20 bits per heavy atom. The number of amides is 1. The SMILES string of the molecule is CCOc1ccc(-c2ccc(C#N)cc2)cc1CC1(C(N)=O)CCC(NC)CC1.Cl. The third kappa shape index (κ3) is 5.13. The Kier molecular flexibility index (Phi) is 8.28. The van der Waals surface area contributed by atoms with Gasteiger partial charge in [0.2, 0.25) is 5.91 Å². The van der Waals surface area contributed by atoms with Crippen molar-refractivity contribution in [2.75, 3.05) is 13.7 Å². The second-order valence-corrected chi connectivity index (χ2v) is 7.83. The minimum absolute atomic E-state index is 0. The van der Waals surface area contributed by atoms with Gasteiger partial charge in [0.05, 0.1) is 23.7 Å². The predicted molar refractivity (Wildman–Crippen MR) is 122 cm³/mol. The lowest BCUT2D eigenvalue weighted by molar-refractivity contribution is -0.129. The molecular formula is C24H30ClN3O2. The summed E-state index contributed by atoms with van der Waals surface area (Å²) in [5.41, 5.74) is 9.08. The van der Waals surface area contributed by atoms with Crippen LogP contribution in [0.3, 0.4) is 0 Å². The van der Waals surface area contributed by atoms with Crippen LogP contribution in [0.4, 0.5) is 0 Å². The van der Waals surface area contributed by atoms with Crippen LogP contribution in [-0.4, -0.2) is 25.6 Å². The van der Waals surface area contributed by atoms with Crippen molar-refractivity contribution in [3.8, 4) is 22.9 Å². The number of hydrogen-bond acceptors (Lipinski definition) is 4. The number of ether oxygens (including phenoxy) is 1. The van der Waals surface area contributed by atoms with Crippen LogP contribution in [0.1, 0.15) is 43.7 Å². The number of nitrogens with two attached hydrogens (primary N) is 1. The van der Waals surface area contributed by atoms with Crippen molar-refractivity contribution < 1.29 is 9.53 Å². The van der Waals surface area contributed by atoms with E-state index in [2.05, 4.69) is 17.5 Å². The van der Waals surface area contributed by atoms with E-state index in [0.717, 1.165) is 48.1 Å². The van der Waals surface area contributed by atoms with Crippen LogP contribution in [0.5, 0.6) is 5.75 Å². The van der Waals surface area contributed by atoms with Gasteiger partial charge in [-0.05, 0) is 87.0 Å². The van der Waals surface area contributed by atoms with E-state index < -0.39 is 5.41 Å². The number of nitrogens with zero attached hydrogens (tertiary/aromatic N) is 1. The topological polar surface area (TPSA) is 88.1 Å². The van der Waals surface area contributed by atoms with Crippen molar-refractivity contribution >= 4 is 18.3 Å². The minimum Gasteiger partial charge on any atom is -0.494 e. The van der Waals surface area contributed by atoms with Crippen molar-refractivity contribution in [1.29, 1.82) is 5.26 Å². The van der Waals surface area contributed by atoms with Crippen molar-refractivity contribution in [3.05, 3.63) is 53.6 Å². The van der Waals surface area contributed by atoms with Crippen LogP contribution in [-0.2, 0) is 11.2 Å². The van der Waals surface area contributed by atoms with Crippen LogP contribution < -0.4 is 15.8 Å². The third-order valence-electron chi connectivity index (χ3n) is 6.11. The summed E-state index contributed by atoms with van der Waals surface area (Å²) in [5, 5.41) is 12.3. The van der Waals surface area contributed by atoms with Crippen LogP contribution in [0.2, 0.25) is 0 Å². The van der Waals surface area contributed by atoms with E-state index in [1.807, 2.05) is 50.4 Å². The maximum atomic E-state index is 12.5. The second kappa shape index (κ2) is 10.5. The van der Waals surface area contributed by atoms with Crippen molar-refractivity contribution in [1.82, 2.24) is 5.32 Å². The number of halogens is 1. The Bertz CT molecular complexity index is 898. The molecule has 0 bridgehead atoms. The molecule has 5 nitrogen and oxygen atoms in total. The standard InChI is InChI=1S/C24H29N3O2.ClH/c1-3-29-22-9-8-19(18-6-4-17(16-25)5-7-18)14-20(22)15-24(23(26)28)12-10-21(27-2)11-13-24;/h4-9,14,21,27H,3,10-13,15H2,1-2H3,(H2,26,28);1H. The first-order valence-electron chi connectivity index (χ1n) is 10.2. The maximum Gasteiger partial charge on any atom is 0.223 e. The smallest absolute Gasteiger partial charge is 0.223 e. The number of carbonyl (C=O) groups is 1. The normalized spacial score (nSPS) is 20.6. The molecule has 3 N–H and O–H groups in total. The van der Waals surface area contributed by atoms with E-state index in [9.17, 15) is 4.79 Å². The van der Waals surface area contributed by atoms with E-state index >= 15 is 0 Å². The number of primary amides is 1. The number of carbonyl (C=O) groups excluding carboxylic acids is 1.